The van der Waals surface area contributed by atoms with Gasteiger partial charge >= 0.3 is 0 Å². The van der Waals surface area contributed by atoms with Crippen LogP contribution in [0, 0.1) is 0 Å². The minimum absolute atomic E-state index is 0.250. The fourth-order valence-corrected chi connectivity index (χ4v) is 2.08. The first-order valence-electron chi connectivity index (χ1n) is 6.63. The quantitative estimate of drug-likeness (QED) is 0.575. The molecule has 0 aliphatic rings. The molecule has 0 spiro atoms. The summed E-state index contributed by atoms with van der Waals surface area (Å²) in [6.45, 7) is 13.4. The zero-order valence-corrected chi connectivity index (χ0v) is 14.2. The fraction of sp³-hybridized carbons (Fsp3) is 0.500. The van der Waals surface area contributed by atoms with Crippen molar-refractivity contribution in [2.75, 3.05) is 7.11 Å². The molecule has 0 amide bonds. The summed E-state index contributed by atoms with van der Waals surface area (Å²) in [6.07, 6.45) is 0. The lowest BCUT2D eigenvalue weighted by Crippen LogP contribution is -2.34. The summed E-state index contributed by atoms with van der Waals surface area (Å²) in [4.78, 5) is 0. The molecule has 0 saturated heterocycles. The number of rotatable bonds is 3. The van der Waals surface area contributed by atoms with Gasteiger partial charge in [0, 0.05) is 5.57 Å². The molecule has 0 aromatic heterocycles. The van der Waals surface area contributed by atoms with E-state index in [2.05, 4.69) is 46.7 Å². The van der Waals surface area contributed by atoms with Gasteiger partial charge in [-0.3, -0.25) is 4.66 Å². The maximum Gasteiger partial charge on any atom is 0.193 e. The third kappa shape index (κ3) is 4.08. The van der Waals surface area contributed by atoms with Crippen LogP contribution in [-0.4, -0.2) is 21.2 Å². The molecule has 0 saturated carbocycles. The lowest BCUT2D eigenvalue weighted by atomic mass is 10.1. The van der Waals surface area contributed by atoms with E-state index >= 15 is 0 Å². The van der Waals surface area contributed by atoms with Gasteiger partial charge in [0.15, 0.2) is 8.24 Å². The number of benzene rings is 1. The van der Waals surface area contributed by atoms with Gasteiger partial charge in [-0.1, -0.05) is 32.9 Å². The Balaban J connectivity index is 3.04. The molecule has 1 aromatic rings. The summed E-state index contributed by atoms with van der Waals surface area (Å²) in [6, 6.07) is 8.02. The first-order valence-corrected chi connectivity index (χ1v) is 9.58. The molecule has 0 N–H and O–H groups in total. The molecule has 1 rings (SSSR count). The zero-order valence-electron chi connectivity index (χ0n) is 13.2. The summed E-state index contributed by atoms with van der Waals surface area (Å²) in [7, 11) is 0.0272. The maximum absolute atomic E-state index is 5.16. The molecule has 0 aliphatic heterocycles. The molecule has 19 heavy (non-hydrogen) atoms. The van der Waals surface area contributed by atoms with Crippen LogP contribution in [0.5, 0.6) is 5.75 Å². The van der Waals surface area contributed by atoms with Crippen molar-refractivity contribution < 1.29 is 4.74 Å². The van der Waals surface area contributed by atoms with Crippen LogP contribution in [0.2, 0.25) is 18.1 Å². The lowest BCUT2D eigenvalue weighted by molar-refractivity contribution is 0.415. The molecular weight excluding hydrogens is 250 g/mol. The molecule has 0 unspecified atom stereocenters. The number of hydrogen-bond donors (Lipinski definition) is 0. The molecule has 2 nitrogen and oxygen atoms in total. The van der Waals surface area contributed by atoms with Crippen LogP contribution in [0.4, 0.5) is 0 Å². The van der Waals surface area contributed by atoms with Gasteiger partial charge in [-0.05, 0) is 48.6 Å². The monoisotopic (exact) mass is 275 g/mol. The first kappa shape index (κ1) is 15.7. The minimum Gasteiger partial charge on any atom is -0.497 e. The van der Waals surface area contributed by atoms with Gasteiger partial charge in [0.05, 0.1) is 7.11 Å². The molecule has 0 heterocycles. The van der Waals surface area contributed by atoms with Crippen LogP contribution in [0.25, 0.3) is 5.57 Å². The number of hydrogen-bond acceptors (Lipinski definition) is 2. The molecule has 3 heteroatoms. The Bertz CT molecular complexity index is 488. The molecule has 0 radical (unpaired) electrons. The maximum atomic E-state index is 5.16. The van der Waals surface area contributed by atoms with E-state index in [-0.39, 0.29) is 5.04 Å². The first-order chi connectivity index (χ1) is 8.67. The van der Waals surface area contributed by atoms with Crippen molar-refractivity contribution in [1.82, 2.24) is 0 Å². The highest BCUT2D eigenvalue weighted by Crippen LogP contribution is 2.36. The average Bonchev–Trinajstić information content (AvgIpc) is 2.35. The van der Waals surface area contributed by atoms with Gasteiger partial charge in [-0.15, -0.1) is 0 Å². The predicted molar refractivity (Wildman–Crippen MR) is 86.7 cm³/mol. The van der Waals surface area contributed by atoms with Crippen molar-refractivity contribution in [1.29, 1.82) is 0 Å². The van der Waals surface area contributed by atoms with Crippen LogP contribution in [0.1, 0.15) is 33.3 Å². The highest BCUT2D eigenvalue weighted by molar-refractivity contribution is 6.79. The molecule has 104 valence electrons. The van der Waals surface area contributed by atoms with Gasteiger partial charge in [0.25, 0.3) is 0 Å². The van der Waals surface area contributed by atoms with E-state index in [4.69, 9.17) is 9.39 Å². The molecule has 0 aliphatic carbocycles. The summed E-state index contributed by atoms with van der Waals surface area (Å²) < 4.78 is 9.93. The number of nitrogens with zero attached hydrogens (tertiary/aromatic N) is 1. The summed E-state index contributed by atoms with van der Waals surface area (Å²) in [5.41, 5.74) is 2.22. The van der Waals surface area contributed by atoms with Gasteiger partial charge < -0.3 is 4.74 Å². The Morgan fingerprint density at radius 2 is 1.68 bits per heavy atom. The topological polar surface area (TPSA) is 21.6 Å². The van der Waals surface area contributed by atoms with E-state index in [1.54, 1.807) is 7.11 Å². The second kappa shape index (κ2) is 5.77. The van der Waals surface area contributed by atoms with E-state index in [9.17, 15) is 0 Å². The van der Waals surface area contributed by atoms with Gasteiger partial charge in [-0.25, -0.2) is 0 Å². The van der Waals surface area contributed by atoms with E-state index < -0.39 is 8.24 Å². The highest BCUT2D eigenvalue weighted by atomic mass is 28.3. The number of allylic oxidation sites excluding steroid dienone is 1. The van der Waals surface area contributed by atoms with Crippen LogP contribution < -0.4 is 4.74 Å². The van der Waals surface area contributed by atoms with Crippen LogP contribution >= 0.6 is 0 Å². The average molecular weight is 275 g/mol. The normalized spacial score (nSPS) is 11.7. The second-order valence-corrected chi connectivity index (χ2v) is 11.2. The number of methoxy groups -OCH3 is 1. The largest absolute Gasteiger partial charge is 0.497 e. The summed E-state index contributed by atoms with van der Waals surface area (Å²) >= 11 is 0. The third-order valence-electron chi connectivity index (χ3n) is 3.86. The zero-order chi connectivity index (χ0) is 14.7. The van der Waals surface area contributed by atoms with Crippen molar-refractivity contribution in [3.63, 3.8) is 0 Å². The Kier molecular flexibility index (Phi) is 4.78. The Morgan fingerprint density at radius 1 is 1.16 bits per heavy atom. The SMILES string of the molecule is COc1ccc(C(C)=C=N[Si](C)(C)C(C)(C)C)cc1. The van der Waals surface area contributed by atoms with Gasteiger partial charge in [0.1, 0.15) is 5.75 Å². The highest BCUT2D eigenvalue weighted by Gasteiger charge is 2.35. The molecular formula is C16H25NOSi. The van der Waals surface area contributed by atoms with Crippen LogP contribution in [0.3, 0.4) is 0 Å². The standard InChI is InChI=1S/C16H25NOSi/c1-13(12-17-19(6,7)16(2,3)4)14-8-10-15(18-5)11-9-14/h8-11H,1-7H3. The van der Waals surface area contributed by atoms with Crippen molar-refractivity contribution in [3.8, 4) is 5.75 Å². The van der Waals surface area contributed by atoms with Gasteiger partial charge in [0.2, 0.25) is 0 Å². The van der Waals surface area contributed by atoms with E-state index in [1.807, 2.05) is 24.3 Å². The Hall–Kier alpha value is -1.31. The number of ether oxygens (including phenoxy) is 1. The van der Waals surface area contributed by atoms with E-state index in [0.29, 0.717) is 0 Å². The van der Waals surface area contributed by atoms with Crippen molar-refractivity contribution in [3.05, 3.63) is 29.8 Å². The second-order valence-electron chi connectivity index (χ2n) is 6.39. The minimum atomic E-state index is -1.65. The van der Waals surface area contributed by atoms with Crippen molar-refractivity contribution in [2.24, 2.45) is 4.66 Å². The van der Waals surface area contributed by atoms with Crippen molar-refractivity contribution in [2.45, 2.75) is 45.8 Å². The van der Waals surface area contributed by atoms with Crippen molar-refractivity contribution >= 4 is 19.7 Å². The summed E-state index contributed by atoms with van der Waals surface area (Å²) in [5, 5.41) is 0.250. The molecule has 0 fully saturated rings. The smallest absolute Gasteiger partial charge is 0.193 e. The van der Waals surface area contributed by atoms with E-state index in [0.717, 1.165) is 16.9 Å². The Labute approximate surface area is 118 Å². The Morgan fingerprint density at radius 3 is 2.11 bits per heavy atom. The van der Waals surface area contributed by atoms with Crippen LogP contribution in [-0.2, 0) is 0 Å². The summed E-state index contributed by atoms with van der Waals surface area (Å²) in [5.74, 6) is 4.12. The van der Waals surface area contributed by atoms with Gasteiger partial charge in [-0.2, -0.15) is 0 Å². The van der Waals surface area contributed by atoms with Crippen LogP contribution in [0.15, 0.2) is 28.9 Å². The molecule has 1 aromatic carbocycles. The third-order valence-corrected chi connectivity index (χ3v) is 8.20. The lowest BCUT2D eigenvalue weighted by Gasteiger charge is -2.31. The molecule has 0 atom stereocenters. The fourth-order valence-electron chi connectivity index (χ4n) is 1.30. The molecule has 0 bridgehead atoms. The van der Waals surface area contributed by atoms with E-state index in [1.165, 1.54) is 0 Å². The predicted octanol–water partition coefficient (Wildman–Crippen LogP) is 4.77.